The molecule has 0 unspecified atom stereocenters. The van der Waals surface area contributed by atoms with Gasteiger partial charge in [-0.2, -0.15) is 4.98 Å². The van der Waals surface area contributed by atoms with Crippen LogP contribution in [-0.2, 0) is 16.0 Å². The Hall–Kier alpha value is -5.65. The zero-order valence-corrected chi connectivity index (χ0v) is 22.7. The van der Waals surface area contributed by atoms with Crippen LogP contribution in [0.3, 0.4) is 0 Å². The molecule has 12 heteroatoms. The molecule has 3 aromatic carbocycles. The second kappa shape index (κ2) is 12.3. The Balaban J connectivity index is 1.22. The highest BCUT2D eigenvalue weighted by Crippen LogP contribution is 2.29. The van der Waals surface area contributed by atoms with Gasteiger partial charge >= 0.3 is 5.97 Å². The van der Waals surface area contributed by atoms with E-state index in [0.717, 1.165) is 5.56 Å². The molecule has 0 aliphatic heterocycles. The SMILES string of the molecule is COc1ccccc1Nc1nc2ccc(CC(=O)Nc3ccc([C@H](CC(=O)O)NC(=O)c4cc(C)on4)cc3)cc2o1. The Kier molecular flexibility index (Phi) is 8.14. The lowest BCUT2D eigenvalue weighted by molar-refractivity contribution is -0.137. The number of ether oxygens (including phenoxy) is 1. The highest BCUT2D eigenvalue weighted by molar-refractivity contribution is 5.93. The molecule has 5 aromatic rings. The molecular weight excluding hydrogens is 542 g/mol. The van der Waals surface area contributed by atoms with Crippen LogP contribution in [0.15, 0.2) is 81.7 Å². The normalized spacial score (nSPS) is 11.6. The molecule has 2 aromatic heterocycles. The molecule has 0 bridgehead atoms. The van der Waals surface area contributed by atoms with Crippen molar-refractivity contribution in [2.75, 3.05) is 17.7 Å². The van der Waals surface area contributed by atoms with Crippen LogP contribution < -0.4 is 20.7 Å². The van der Waals surface area contributed by atoms with Crippen molar-refractivity contribution in [2.45, 2.75) is 25.8 Å². The molecule has 0 aliphatic rings. The second-order valence-electron chi connectivity index (χ2n) is 9.44. The molecule has 0 aliphatic carbocycles. The molecule has 5 rings (SSSR count). The molecule has 1 atom stereocenters. The number of benzene rings is 3. The number of aryl methyl sites for hydroxylation is 1. The zero-order valence-electron chi connectivity index (χ0n) is 22.7. The summed E-state index contributed by atoms with van der Waals surface area (Å²) in [5.74, 6) is -0.788. The number of carboxylic acid groups (broad SMARTS) is 1. The molecule has 0 fully saturated rings. The maximum atomic E-state index is 12.8. The standard InChI is InChI=1S/C30H27N5O7/c1-17-13-24(35-42-17)29(39)32-23(16-28(37)38)19-8-10-20(11-9-19)31-27(36)15-18-7-12-22-26(14-18)41-30(34-22)33-21-5-3-4-6-25(21)40-2/h3-14,23H,15-16H2,1-2H3,(H,31,36)(H,32,39)(H,33,34)(H,37,38)/t23-/m0/s1. The quantitative estimate of drug-likeness (QED) is 0.170. The minimum absolute atomic E-state index is 0.0548. The molecule has 2 heterocycles. The number of para-hydroxylation sites is 2. The fraction of sp³-hybridized carbons (Fsp3) is 0.167. The molecule has 42 heavy (non-hydrogen) atoms. The van der Waals surface area contributed by atoms with E-state index in [0.29, 0.717) is 45.6 Å². The number of rotatable bonds is 11. The lowest BCUT2D eigenvalue weighted by Crippen LogP contribution is -2.30. The van der Waals surface area contributed by atoms with Gasteiger partial charge in [0.25, 0.3) is 11.9 Å². The van der Waals surface area contributed by atoms with Gasteiger partial charge in [0.15, 0.2) is 11.3 Å². The number of anilines is 3. The van der Waals surface area contributed by atoms with Crippen LogP contribution in [0.1, 0.15) is 39.8 Å². The van der Waals surface area contributed by atoms with Gasteiger partial charge in [0.2, 0.25) is 5.91 Å². The molecule has 2 amide bonds. The molecule has 12 nitrogen and oxygen atoms in total. The number of methoxy groups -OCH3 is 1. The summed E-state index contributed by atoms with van der Waals surface area (Å²) in [5, 5.41) is 21.6. The molecule has 214 valence electrons. The summed E-state index contributed by atoms with van der Waals surface area (Å²) in [6, 6.07) is 20.3. The van der Waals surface area contributed by atoms with E-state index >= 15 is 0 Å². The van der Waals surface area contributed by atoms with Crippen LogP contribution in [0, 0.1) is 6.92 Å². The maximum Gasteiger partial charge on any atom is 0.305 e. The first-order valence-corrected chi connectivity index (χ1v) is 12.9. The van der Waals surface area contributed by atoms with E-state index in [4.69, 9.17) is 13.7 Å². The molecule has 0 saturated carbocycles. The summed E-state index contributed by atoms with van der Waals surface area (Å²) in [6.45, 7) is 1.65. The minimum Gasteiger partial charge on any atom is -0.495 e. The predicted molar refractivity (Wildman–Crippen MR) is 153 cm³/mol. The zero-order chi connectivity index (χ0) is 29.6. The van der Waals surface area contributed by atoms with Crippen LogP contribution in [0.5, 0.6) is 5.75 Å². The van der Waals surface area contributed by atoms with Crippen LogP contribution in [0.4, 0.5) is 17.4 Å². The Morgan fingerprint density at radius 3 is 2.52 bits per heavy atom. The van der Waals surface area contributed by atoms with Gasteiger partial charge in [0.05, 0.1) is 31.7 Å². The summed E-state index contributed by atoms with van der Waals surface area (Å²) in [5.41, 5.74) is 3.71. The third-order valence-electron chi connectivity index (χ3n) is 6.31. The van der Waals surface area contributed by atoms with E-state index in [2.05, 4.69) is 26.1 Å². The first kappa shape index (κ1) is 27.9. The maximum absolute atomic E-state index is 12.8. The summed E-state index contributed by atoms with van der Waals surface area (Å²) < 4.78 is 16.1. The van der Waals surface area contributed by atoms with Gasteiger partial charge in [-0.3, -0.25) is 14.4 Å². The van der Waals surface area contributed by atoms with Gasteiger partial charge in [-0.05, 0) is 54.4 Å². The number of nitrogens with zero attached hydrogens (tertiary/aromatic N) is 2. The van der Waals surface area contributed by atoms with Crippen LogP contribution in [0.2, 0.25) is 0 Å². The number of fused-ring (bicyclic) bond motifs is 1. The number of carbonyl (C=O) groups is 3. The lowest BCUT2D eigenvalue weighted by Gasteiger charge is -2.17. The number of nitrogens with one attached hydrogen (secondary N) is 3. The Morgan fingerprint density at radius 1 is 1.02 bits per heavy atom. The molecule has 0 spiro atoms. The van der Waals surface area contributed by atoms with E-state index < -0.39 is 17.9 Å². The minimum atomic E-state index is -1.08. The van der Waals surface area contributed by atoms with Crippen molar-refractivity contribution in [1.29, 1.82) is 0 Å². The number of oxazole rings is 1. The topological polar surface area (TPSA) is 169 Å². The Labute approximate surface area is 239 Å². The smallest absolute Gasteiger partial charge is 0.305 e. The highest BCUT2D eigenvalue weighted by atomic mass is 16.5. The number of aliphatic carboxylic acids is 1. The largest absolute Gasteiger partial charge is 0.495 e. The summed E-state index contributed by atoms with van der Waals surface area (Å²) in [4.78, 5) is 41.1. The van der Waals surface area contributed by atoms with Gasteiger partial charge in [0.1, 0.15) is 17.0 Å². The third kappa shape index (κ3) is 6.73. The lowest BCUT2D eigenvalue weighted by atomic mass is 10.0. The molecular formula is C30H27N5O7. The fourth-order valence-electron chi connectivity index (χ4n) is 4.32. The van der Waals surface area contributed by atoms with Gasteiger partial charge < -0.3 is 34.7 Å². The van der Waals surface area contributed by atoms with E-state index in [-0.39, 0.29) is 24.4 Å². The van der Waals surface area contributed by atoms with E-state index in [1.54, 1.807) is 56.5 Å². The molecule has 0 radical (unpaired) electrons. The Morgan fingerprint density at radius 2 is 1.81 bits per heavy atom. The molecule has 0 saturated heterocycles. The van der Waals surface area contributed by atoms with E-state index in [1.165, 1.54) is 6.07 Å². The van der Waals surface area contributed by atoms with E-state index in [9.17, 15) is 19.5 Å². The Bertz CT molecular complexity index is 1740. The van der Waals surface area contributed by atoms with E-state index in [1.807, 2.05) is 24.3 Å². The van der Waals surface area contributed by atoms with Crippen molar-refractivity contribution in [2.24, 2.45) is 0 Å². The first-order valence-electron chi connectivity index (χ1n) is 12.9. The summed E-state index contributed by atoms with van der Waals surface area (Å²) in [7, 11) is 1.58. The van der Waals surface area contributed by atoms with Gasteiger partial charge in [0, 0.05) is 11.8 Å². The second-order valence-corrected chi connectivity index (χ2v) is 9.44. The van der Waals surface area contributed by atoms with Crippen molar-refractivity contribution in [3.63, 3.8) is 0 Å². The highest BCUT2D eigenvalue weighted by Gasteiger charge is 2.21. The summed E-state index contributed by atoms with van der Waals surface area (Å²) >= 11 is 0. The monoisotopic (exact) mass is 569 g/mol. The number of hydrogen-bond acceptors (Lipinski definition) is 9. The number of carbonyl (C=O) groups excluding carboxylic acids is 2. The average Bonchev–Trinajstić information content (AvgIpc) is 3.58. The van der Waals surface area contributed by atoms with Crippen LogP contribution in [0.25, 0.3) is 11.1 Å². The number of aromatic nitrogens is 2. The van der Waals surface area contributed by atoms with Gasteiger partial charge in [-0.25, -0.2) is 0 Å². The van der Waals surface area contributed by atoms with Crippen LogP contribution in [-0.4, -0.2) is 40.1 Å². The van der Waals surface area contributed by atoms with Crippen molar-refractivity contribution in [1.82, 2.24) is 15.5 Å². The number of carboxylic acids is 1. The van der Waals surface area contributed by atoms with Gasteiger partial charge in [-0.15, -0.1) is 0 Å². The average molecular weight is 570 g/mol. The number of amides is 2. The van der Waals surface area contributed by atoms with Crippen LogP contribution >= 0.6 is 0 Å². The number of hydrogen-bond donors (Lipinski definition) is 4. The van der Waals surface area contributed by atoms with Crippen molar-refractivity contribution < 1.29 is 33.2 Å². The summed E-state index contributed by atoms with van der Waals surface area (Å²) in [6.07, 6.45) is -0.253. The van der Waals surface area contributed by atoms with Crippen molar-refractivity contribution in [3.8, 4) is 5.75 Å². The third-order valence-corrected chi connectivity index (χ3v) is 6.31. The fourth-order valence-corrected chi connectivity index (χ4v) is 4.32. The van der Waals surface area contributed by atoms with Crippen molar-refractivity contribution in [3.05, 3.63) is 95.4 Å². The van der Waals surface area contributed by atoms with Gasteiger partial charge in [-0.1, -0.05) is 35.5 Å². The predicted octanol–water partition coefficient (Wildman–Crippen LogP) is 5.00. The molecule has 4 N–H and O–H groups in total. The first-order chi connectivity index (χ1) is 20.3. The van der Waals surface area contributed by atoms with Crippen molar-refractivity contribution >= 4 is 46.3 Å².